The third-order valence-corrected chi connectivity index (χ3v) is 5.96. The van der Waals surface area contributed by atoms with Crippen LogP contribution in [0.2, 0.25) is 0 Å². The number of hydrogen-bond donors (Lipinski definition) is 0. The van der Waals surface area contributed by atoms with E-state index in [4.69, 9.17) is 0 Å². The van der Waals surface area contributed by atoms with Crippen LogP contribution in [0.25, 0.3) is 0 Å². The van der Waals surface area contributed by atoms with Gasteiger partial charge in [0.25, 0.3) is 0 Å². The molecule has 1 spiro atoms. The summed E-state index contributed by atoms with van der Waals surface area (Å²) in [6, 6.07) is 7.05. The van der Waals surface area contributed by atoms with Crippen LogP contribution in [0, 0.1) is 11.3 Å². The molecule has 2 unspecified atom stereocenters. The van der Waals surface area contributed by atoms with E-state index in [0.717, 1.165) is 5.92 Å². The molecular weight excluding hydrogens is 228 g/mol. The van der Waals surface area contributed by atoms with E-state index in [9.17, 15) is 0 Å². The fourth-order valence-electron chi connectivity index (χ4n) is 4.98. The minimum absolute atomic E-state index is 0.654. The Morgan fingerprint density at radius 2 is 2.21 bits per heavy atom. The largest absolute Gasteiger partial charge is 0.0850 e. The average Bonchev–Trinajstić information content (AvgIpc) is 3.01. The van der Waals surface area contributed by atoms with Gasteiger partial charge in [0, 0.05) is 0 Å². The first kappa shape index (κ1) is 11.8. The Bertz CT molecular complexity index is 537. The van der Waals surface area contributed by atoms with E-state index in [1.54, 1.807) is 22.3 Å². The maximum absolute atomic E-state index is 2.53. The predicted molar refractivity (Wildman–Crippen MR) is 80.3 cm³/mol. The molecule has 0 nitrogen and oxygen atoms in total. The number of rotatable bonds is 2. The van der Waals surface area contributed by atoms with Crippen LogP contribution in [0.15, 0.2) is 29.8 Å². The van der Waals surface area contributed by atoms with Gasteiger partial charge >= 0.3 is 0 Å². The monoisotopic (exact) mass is 252 g/mol. The van der Waals surface area contributed by atoms with Crippen LogP contribution in [0.5, 0.6) is 0 Å². The van der Waals surface area contributed by atoms with Crippen molar-refractivity contribution in [2.24, 2.45) is 11.3 Å². The molecule has 1 aromatic rings. The summed E-state index contributed by atoms with van der Waals surface area (Å²) in [5.41, 5.74) is 7.48. The van der Waals surface area contributed by atoms with Gasteiger partial charge < -0.3 is 0 Å². The molecule has 1 fully saturated rings. The van der Waals surface area contributed by atoms with Crippen molar-refractivity contribution >= 4 is 0 Å². The van der Waals surface area contributed by atoms with Gasteiger partial charge in [-0.25, -0.2) is 0 Å². The maximum atomic E-state index is 2.53. The van der Waals surface area contributed by atoms with Crippen LogP contribution in [-0.2, 0) is 19.3 Å². The second-order valence-electron chi connectivity index (χ2n) is 7.02. The first-order valence-electron chi connectivity index (χ1n) is 8.08. The molecule has 0 aromatic heterocycles. The number of fused-ring (bicyclic) bond motifs is 4. The van der Waals surface area contributed by atoms with Crippen LogP contribution in [0.1, 0.15) is 55.7 Å². The van der Waals surface area contributed by atoms with Crippen molar-refractivity contribution in [3.05, 3.63) is 46.5 Å². The van der Waals surface area contributed by atoms with Crippen molar-refractivity contribution in [3.63, 3.8) is 0 Å². The summed E-state index contributed by atoms with van der Waals surface area (Å²) < 4.78 is 0. The minimum atomic E-state index is 0.654. The first-order valence-corrected chi connectivity index (χ1v) is 8.08. The quantitative estimate of drug-likeness (QED) is 0.660. The summed E-state index contributed by atoms with van der Waals surface area (Å²) in [4.78, 5) is 0. The second kappa shape index (κ2) is 4.23. The number of allylic oxidation sites excluding steroid dienone is 2. The lowest BCUT2D eigenvalue weighted by Gasteiger charge is -2.41. The van der Waals surface area contributed by atoms with E-state index >= 15 is 0 Å². The lowest BCUT2D eigenvalue weighted by atomic mass is 9.63. The number of aryl methyl sites for hydroxylation is 2. The fourth-order valence-corrected chi connectivity index (χ4v) is 4.98. The molecule has 0 radical (unpaired) electrons. The molecule has 0 amide bonds. The molecule has 19 heavy (non-hydrogen) atoms. The van der Waals surface area contributed by atoms with Gasteiger partial charge in [0.05, 0.1) is 0 Å². The Labute approximate surface area is 116 Å². The van der Waals surface area contributed by atoms with E-state index in [-0.39, 0.29) is 0 Å². The highest BCUT2D eigenvalue weighted by atomic mass is 14.5. The number of benzene rings is 1. The highest BCUT2D eigenvalue weighted by Crippen LogP contribution is 2.58. The summed E-state index contributed by atoms with van der Waals surface area (Å²) in [5.74, 6) is 0.977. The molecule has 0 aliphatic heterocycles. The van der Waals surface area contributed by atoms with Gasteiger partial charge in [0.2, 0.25) is 0 Å². The van der Waals surface area contributed by atoms with Gasteiger partial charge in [-0.2, -0.15) is 0 Å². The fraction of sp³-hybridized carbons (Fsp3) is 0.579. The van der Waals surface area contributed by atoms with Crippen molar-refractivity contribution in [1.82, 2.24) is 0 Å². The van der Waals surface area contributed by atoms with Crippen molar-refractivity contribution in [2.45, 2.75) is 58.3 Å². The van der Waals surface area contributed by atoms with Crippen molar-refractivity contribution in [1.29, 1.82) is 0 Å². The summed E-state index contributed by atoms with van der Waals surface area (Å²) in [7, 11) is 0. The summed E-state index contributed by atoms with van der Waals surface area (Å²) in [6.45, 7) is 2.31. The van der Waals surface area contributed by atoms with Crippen molar-refractivity contribution in [3.8, 4) is 0 Å². The Morgan fingerprint density at radius 3 is 2.95 bits per heavy atom. The van der Waals surface area contributed by atoms with Gasteiger partial charge in [0.1, 0.15) is 0 Å². The summed E-state index contributed by atoms with van der Waals surface area (Å²) in [6.07, 6.45) is 13.4. The molecule has 0 saturated heterocycles. The lowest BCUT2D eigenvalue weighted by molar-refractivity contribution is 0.168. The zero-order chi connectivity index (χ0) is 12.9. The van der Waals surface area contributed by atoms with Crippen LogP contribution >= 0.6 is 0 Å². The summed E-state index contributed by atoms with van der Waals surface area (Å²) in [5, 5.41) is 0. The third kappa shape index (κ3) is 1.72. The normalized spacial score (nSPS) is 31.6. The molecule has 3 aliphatic rings. The molecule has 2 atom stereocenters. The van der Waals surface area contributed by atoms with E-state index in [2.05, 4.69) is 31.2 Å². The van der Waals surface area contributed by atoms with Gasteiger partial charge in [-0.05, 0) is 73.0 Å². The Hall–Kier alpha value is -1.04. The van der Waals surface area contributed by atoms with Crippen LogP contribution in [-0.4, -0.2) is 0 Å². The van der Waals surface area contributed by atoms with Gasteiger partial charge in [0.15, 0.2) is 0 Å². The Morgan fingerprint density at radius 1 is 1.26 bits per heavy atom. The molecule has 2 bridgehead atoms. The average molecular weight is 252 g/mol. The van der Waals surface area contributed by atoms with Gasteiger partial charge in [-0.1, -0.05) is 43.2 Å². The van der Waals surface area contributed by atoms with Gasteiger partial charge in [-0.3, -0.25) is 0 Å². The van der Waals surface area contributed by atoms with Crippen molar-refractivity contribution in [2.75, 3.05) is 0 Å². The van der Waals surface area contributed by atoms with E-state index in [1.165, 1.54) is 51.4 Å². The SMILES string of the molecule is CCCc1cccc2c1CC1(CC2)CC2=CCC1C2. The van der Waals surface area contributed by atoms with Gasteiger partial charge in [-0.15, -0.1) is 0 Å². The molecular formula is C19H24. The molecule has 100 valence electrons. The molecule has 1 saturated carbocycles. The van der Waals surface area contributed by atoms with Crippen molar-refractivity contribution < 1.29 is 0 Å². The molecule has 4 rings (SSSR count). The zero-order valence-corrected chi connectivity index (χ0v) is 12.0. The Kier molecular flexibility index (Phi) is 2.62. The minimum Gasteiger partial charge on any atom is -0.0850 e. The number of hydrogen-bond acceptors (Lipinski definition) is 0. The molecule has 1 aromatic carbocycles. The predicted octanol–water partition coefficient (Wildman–Crippen LogP) is 4.85. The highest BCUT2D eigenvalue weighted by Gasteiger charge is 2.48. The third-order valence-electron chi connectivity index (χ3n) is 5.96. The summed E-state index contributed by atoms with van der Waals surface area (Å²) >= 11 is 0. The Balaban J connectivity index is 1.71. The second-order valence-corrected chi connectivity index (χ2v) is 7.02. The molecule has 0 heterocycles. The standard InChI is InChI=1S/C19H24/c1-2-4-15-5-3-6-16-9-10-19(13-18(15)16)12-14-7-8-17(19)11-14/h3,5-7,17H,2,4,8-13H2,1H3. The maximum Gasteiger partial charge on any atom is -0.0182 e. The smallest absolute Gasteiger partial charge is 0.0182 e. The van der Waals surface area contributed by atoms with E-state index in [1.807, 2.05) is 0 Å². The molecule has 0 N–H and O–H groups in total. The highest BCUT2D eigenvalue weighted by molar-refractivity contribution is 5.40. The van der Waals surface area contributed by atoms with E-state index in [0.29, 0.717) is 5.41 Å². The van der Waals surface area contributed by atoms with Crippen LogP contribution in [0.4, 0.5) is 0 Å². The zero-order valence-electron chi connectivity index (χ0n) is 12.0. The van der Waals surface area contributed by atoms with Crippen LogP contribution in [0.3, 0.4) is 0 Å². The lowest BCUT2D eigenvalue weighted by Crippen LogP contribution is -2.33. The van der Waals surface area contributed by atoms with E-state index < -0.39 is 0 Å². The topological polar surface area (TPSA) is 0 Å². The van der Waals surface area contributed by atoms with Crippen LogP contribution < -0.4 is 0 Å². The first-order chi connectivity index (χ1) is 9.31. The molecule has 3 aliphatic carbocycles. The molecule has 0 heteroatoms.